The van der Waals surface area contributed by atoms with Crippen molar-refractivity contribution < 1.29 is 4.79 Å². The maximum Gasteiger partial charge on any atom is 0.227 e. The maximum absolute atomic E-state index is 11.9. The van der Waals surface area contributed by atoms with Gasteiger partial charge in [-0.05, 0) is 53.9 Å². The fourth-order valence-corrected chi connectivity index (χ4v) is 3.19. The molecule has 4 nitrogen and oxygen atoms in total. The van der Waals surface area contributed by atoms with Gasteiger partial charge in [0.1, 0.15) is 0 Å². The van der Waals surface area contributed by atoms with E-state index in [9.17, 15) is 4.79 Å². The van der Waals surface area contributed by atoms with Gasteiger partial charge in [-0.1, -0.05) is 0 Å². The van der Waals surface area contributed by atoms with Gasteiger partial charge in [0.15, 0.2) is 0 Å². The molecule has 1 aliphatic heterocycles. The lowest BCUT2D eigenvalue weighted by Gasteiger charge is -2.25. The van der Waals surface area contributed by atoms with E-state index in [1.54, 1.807) is 7.05 Å². The number of anilines is 2. The minimum absolute atomic E-state index is 0.110. The molecule has 1 heterocycles. The summed E-state index contributed by atoms with van der Waals surface area (Å²) in [5.41, 5.74) is 8.54. The molecule has 0 radical (unpaired) electrons. The molecule has 1 aromatic rings. The van der Waals surface area contributed by atoms with Crippen molar-refractivity contribution in [1.29, 1.82) is 0 Å². The number of carbonyl (C=O) groups excluding carboxylic acids is 1. The van der Waals surface area contributed by atoms with Crippen molar-refractivity contribution in [3.8, 4) is 0 Å². The van der Waals surface area contributed by atoms with Crippen molar-refractivity contribution in [3.63, 3.8) is 0 Å². The standard InChI is InChI=1S/C14H20BrN3O/c1-9-6-12(10(15)7-11(9)16)18-5-4-14(2,8-18)13(19)17-3/h6-7H,4-5,8,16H2,1-3H3,(H,17,19). The van der Waals surface area contributed by atoms with Crippen molar-refractivity contribution in [2.75, 3.05) is 30.8 Å². The first-order valence-electron chi connectivity index (χ1n) is 6.40. The fraction of sp³-hybridized carbons (Fsp3) is 0.500. The number of nitrogens with two attached hydrogens (primary N) is 1. The molecule has 0 saturated carbocycles. The van der Waals surface area contributed by atoms with E-state index < -0.39 is 0 Å². The van der Waals surface area contributed by atoms with E-state index in [-0.39, 0.29) is 11.3 Å². The van der Waals surface area contributed by atoms with Gasteiger partial charge in [0.05, 0.1) is 11.1 Å². The van der Waals surface area contributed by atoms with E-state index in [1.807, 2.05) is 19.9 Å². The van der Waals surface area contributed by atoms with Gasteiger partial charge in [0.25, 0.3) is 0 Å². The first kappa shape index (κ1) is 14.2. The highest BCUT2D eigenvalue weighted by Crippen LogP contribution is 2.38. The Kier molecular flexibility index (Phi) is 3.76. The quantitative estimate of drug-likeness (QED) is 0.820. The number of halogens is 1. The van der Waals surface area contributed by atoms with Gasteiger partial charge in [-0.3, -0.25) is 4.79 Å². The van der Waals surface area contributed by atoms with Crippen LogP contribution in [-0.4, -0.2) is 26.0 Å². The number of hydrogen-bond acceptors (Lipinski definition) is 3. The van der Waals surface area contributed by atoms with Crippen LogP contribution in [0.25, 0.3) is 0 Å². The number of nitrogens with zero attached hydrogens (tertiary/aromatic N) is 1. The predicted octanol–water partition coefficient (Wildman–Crippen LogP) is 2.30. The molecule has 5 heteroatoms. The highest BCUT2D eigenvalue weighted by Gasteiger charge is 2.40. The molecule has 1 aromatic carbocycles. The van der Waals surface area contributed by atoms with Crippen LogP contribution in [-0.2, 0) is 4.79 Å². The summed E-state index contributed by atoms with van der Waals surface area (Å²) in [4.78, 5) is 14.2. The summed E-state index contributed by atoms with van der Waals surface area (Å²) in [7, 11) is 1.69. The van der Waals surface area contributed by atoms with Gasteiger partial charge in [0.2, 0.25) is 5.91 Å². The van der Waals surface area contributed by atoms with E-state index in [0.717, 1.165) is 40.9 Å². The molecule has 3 N–H and O–H groups in total. The monoisotopic (exact) mass is 325 g/mol. The van der Waals surface area contributed by atoms with Crippen LogP contribution in [0.1, 0.15) is 18.9 Å². The van der Waals surface area contributed by atoms with E-state index in [1.165, 1.54) is 0 Å². The van der Waals surface area contributed by atoms with Crippen LogP contribution in [0.2, 0.25) is 0 Å². The van der Waals surface area contributed by atoms with Crippen LogP contribution >= 0.6 is 15.9 Å². The van der Waals surface area contributed by atoms with Gasteiger partial charge >= 0.3 is 0 Å². The molecule has 1 fully saturated rings. The van der Waals surface area contributed by atoms with Crippen molar-refractivity contribution >= 4 is 33.2 Å². The average Bonchev–Trinajstić information content (AvgIpc) is 2.76. The zero-order valence-electron chi connectivity index (χ0n) is 11.6. The van der Waals surface area contributed by atoms with Gasteiger partial charge in [-0.2, -0.15) is 0 Å². The molecule has 1 saturated heterocycles. The summed E-state index contributed by atoms with van der Waals surface area (Å²) >= 11 is 3.56. The third-order valence-corrected chi connectivity index (χ3v) is 4.56. The van der Waals surface area contributed by atoms with E-state index >= 15 is 0 Å². The summed E-state index contributed by atoms with van der Waals surface area (Å²) in [6, 6.07) is 4.01. The molecule has 1 aliphatic rings. The Bertz CT molecular complexity index is 518. The summed E-state index contributed by atoms with van der Waals surface area (Å²) in [6.45, 7) is 5.63. The highest BCUT2D eigenvalue weighted by atomic mass is 79.9. The lowest BCUT2D eigenvalue weighted by atomic mass is 9.89. The number of benzene rings is 1. The third kappa shape index (κ3) is 2.56. The second-order valence-electron chi connectivity index (χ2n) is 5.47. The SMILES string of the molecule is CNC(=O)C1(C)CCN(c2cc(C)c(N)cc2Br)C1. The number of nitrogen functional groups attached to an aromatic ring is 1. The first-order chi connectivity index (χ1) is 8.87. The van der Waals surface area contributed by atoms with Gasteiger partial charge in [-0.15, -0.1) is 0 Å². The van der Waals surface area contributed by atoms with Crippen molar-refractivity contribution in [2.45, 2.75) is 20.3 Å². The third-order valence-electron chi connectivity index (χ3n) is 3.92. The Morgan fingerprint density at radius 3 is 2.84 bits per heavy atom. The van der Waals surface area contributed by atoms with E-state index in [4.69, 9.17) is 5.73 Å². The van der Waals surface area contributed by atoms with Gasteiger partial charge in [0, 0.05) is 30.3 Å². The molecule has 104 valence electrons. The summed E-state index contributed by atoms with van der Waals surface area (Å²) in [5, 5.41) is 2.76. The Labute approximate surface area is 122 Å². The number of hydrogen-bond donors (Lipinski definition) is 2. The average molecular weight is 326 g/mol. The van der Waals surface area contributed by atoms with Gasteiger partial charge < -0.3 is 16.0 Å². The van der Waals surface area contributed by atoms with Crippen LogP contribution in [0.5, 0.6) is 0 Å². The fourth-order valence-electron chi connectivity index (χ4n) is 2.58. The predicted molar refractivity (Wildman–Crippen MR) is 82.3 cm³/mol. The topological polar surface area (TPSA) is 58.4 Å². The summed E-state index contributed by atoms with van der Waals surface area (Å²) < 4.78 is 0.983. The number of nitrogens with one attached hydrogen (secondary N) is 1. The number of amides is 1. The Morgan fingerprint density at radius 2 is 2.21 bits per heavy atom. The second kappa shape index (κ2) is 5.04. The molecule has 2 rings (SSSR count). The molecule has 0 aliphatic carbocycles. The Hall–Kier alpha value is -1.23. The van der Waals surface area contributed by atoms with Crippen molar-refractivity contribution in [3.05, 3.63) is 22.2 Å². The molecule has 1 atom stereocenters. The number of rotatable bonds is 2. The largest absolute Gasteiger partial charge is 0.398 e. The number of aryl methyl sites for hydroxylation is 1. The van der Waals surface area contributed by atoms with Crippen molar-refractivity contribution in [1.82, 2.24) is 5.32 Å². The van der Waals surface area contributed by atoms with Crippen LogP contribution in [0.15, 0.2) is 16.6 Å². The van der Waals surface area contributed by atoms with Crippen LogP contribution in [0, 0.1) is 12.3 Å². The van der Waals surface area contributed by atoms with E-state index in [2.05, 4.69) is 32.2 Å². The molecule has 1 amide bonds. The normalized spacial score (nSPS) is 22.6. The first-order valence-corrected chi connectivity index (χ1v) is 7.19. The lowest BCUT2D eigenvalue weighted by Crippen LogP contribution is -2.39. The zero-order valence-corrected chi connectivity index (χ0v) is 13.2. The van der Waals surface area contributed by atoms with Crippen LogP contribution in [0.3, 0.4) is 0 Å². The summed E-state index contributed by atoms with van der Waals surface area (Å²) in [5.74, 6) is 0.110. The van der Waals surface area contributed by atoms with E-state index in [0.29, 0.717) is 0 Å². The molecule has 19 heavy (non-hydrogen) atoms. The minimum atomic E-state index is -0.316. The van der Waals surface area contributed by atoms with Crippen LogP contribution in [0.4, 0.5) is 11.4 Å². The number of carbonyl (C=O) groups is 1. The lowest BCUT2D eigenvalue weighted by molar-refractivity contribution is -0.128. The highest BCUT2D eigenvalue weighted by molar-refractivity contribution is 9.10. The molecule has 0 bridgehead atoms. The van der Waals surface area contributed by atoms with Crippen molar-refractivity contribution in [2.24, 2.45) is 5.41 Å². The second-order valence-corrected chi connectivity index (χ2v) is 6.33. The Morgan fingerprint density at radius 1 is 1.53 bits per heavy atom. The molecular formula is C14H20BrN3O. The molecule has 0 spiro atoms. The Balaban J connectivity index is 2.26. The minimum Gasteiger partial charge on any atom is -0.398 e. The van der Waals surface area contributed by atoms with Gasteiger partial charge in [-0.25, -0.2) is 0 Å². The molecule has 0 aromatic heterocycles. The molecular weight excluding hydrogens is 306 g/mol. The smallest absolute Gasteiger partial charge is 0.227 e. The summed E-state index contributed by atoms with van der Waals surface area (Å²) in [6.07, 6.45) is 0.864. The van der Waals surface area contributed by atoms with Crippen LogP contribution < -0.4 is 16.0 Å². The molecule has 1 unspecified atom stereocenters. The zero-order chi connectivity index (χ0) is 14.2. The maximum atomic E-state index is 11.9.